The molecule has 0 radical (unpaired) electrons. The molecule has 0 saturated heterocycles. The number of fused-ring (bicyclic) bond motifs is 1. The smallest absolute Gasteiger partial charge is 0.338 e. The summed E-state index contributed by atoms with van der Waals surface area (Å²) in [6.45, 7) is 0. The molecule has 8 heteroatoms. The fraction of sp³-hybridized carbons (Fsp3) is 0.100. The Morgan fingerprint density at radius 3 is 2.57 bits per heavy atom. The summed E-state index contributed by atoms with van der Waals surface area (Å²) in [6, 6.07) is 15.6. The number of hydrogen-bond donors (Lipinski definition) is 1. The highest BCUT2D eigenvalue weighted by atomic mass is 35.5. The van der Waals surface area contributed by atoms with Gasteiger partial charge in [0.2, 0.25) is 5.95 Å². The molecule has 1 atom stereocenters. The lowest BCUT2D eigenvalue weighted by atomic mass is 9.92. The number of methoxy groups -OCH3 is 1. The topological polar surface area (TPSA) is 92.8 Å². The summed E-state index contributed by atoms with van der Waals surface area (Å²) in [7, 11) is 1.33. The van der Waals surface area contributed by atoms with Crippen LogP contribution in [-0.2, 0) is 9.53 Å². The van der Waals surface area contributed by atoms with Gasteiger partial charge in [-0.05, 0) is 35.4 Å². The minimum Gasteiger partial charge on any atom is -0.466 e. The molecule has 0 spiro atoms. The second kappa shape index (κ2) is 7.18. The van der Waals surface area contributed by atoms with E-state index < -0.39 is 12.0 Å². The van der Waals surface area contributed by atoms with Crippen molar-refractivity contribution in [2.45, 2.75) is 6.04 Å². The van der Waals surface area contributed by atoms with E-state index in [0.717, 1.165) is 11.1 Å². The van der Waals surface area contributed by atoms with E-state index >= 15 is 0 Å². The zero-order valence-corrected chi connectivity index (χ0v) is 15.5. The molecular weight excluding hydrogens is 378 g/mol. The van der Waals surface area contributed by atoms with Crippen LogP contribution >= 0.6 is 11.6 Å². The molecule has 0 saturated carbocycles. The molecule has 0 aliphatic carbocycles. The molecule has 1 aromatic heterocycles. The van der Waals surface area contributed by atoms with Gasteiger partial charge < -0.3 is 10.1 Å². The number of carbonyl (C=O) groups excluding carboxylic acids is 1. The Morgan fingerprint density at radius 1 is 1.21 bits per heavy atom. The molecule has 0 fully saturated rings. The van der Waals surface area contributed by atoms with Crippen molar-refractivity contribution in [2.75, 3.05) is 12.4 Å². The standard InChI is InChI=1S/C20H14ClN5O2/c1-28-19(27)16-17(13-6-8-15(21)9-7-13)25-20-23-11-24-26(20)18(16)14-4-2-12(10-22)3-5-14/h2-9,11,18H,1H3,(H,23,24,25)/t18-/m1/s1. The van der Waals surface area contributed by atoms with Gasteiger partial charge in [0.1, 0.15) is 12.4 Å². The molecule has 1 aliphatic rings. The van der Waals surface area contributed by atoms with Gasteiger partial charge in [0, 0.05) is 5.02 Å². The van der Waals surface area contributed by atoms with E-state index in [0.29, 0.717) is 27.8 Å². The van der Waals surface area contributed by atoms with Crippen LogP contribution in [0.15, 0.2) is 60.4 Å². The highest BCUT2D eigenvalue weighted by Gasteiger charge is 2.35. The predicted molar refractivity (Wildman–Crippen MR) is 103 cm³/mol. The second-order valence-electron chi connectivity index (χ2n) is 6.08. The Morgan fingerprint density at radius 2 is 1.93 bits per heavy atom. The highest BCUT2D eigenvalue weighted by molar-refractivity contribution is 6.30. The number of benzene rings is 2. The summed E-state index contributed by atoms with van der Waals surface area (Å²) in [5.74, 6) is -0.0000718. The van der Waals surface area contributed by atoms with Crippen molar-refractivity contribution in [3.05, 3.63) is 82.1 Å². The molecule has 4 rings (SSSR count). The van der Waals surface area contributed by atoms with Crippen LogP contribution < -0.4 is 5.32 Å². The number of carbonyl (C=O) groups is 1. The average Bonchev–Trinajstić information content (AvgIpc) is 3.21. The van der Waals surface area contributed by atoms with E-state index in [4.69, 9.17) is 21.6 Å². The molecule has 0 unspecified atom stereocenters. The Labute approximate surface area is 165 Å². The van der Waals surface area contributed by atoms with Crippen LogP contribution in [0.3, 0.4) is 0 Å². The first-order valence-electron chi connectivity index (χ1n) is 8.37. The summed E-state index contributed by atoms with van der Waals surface area (Å²) in [5, 5.41) is 17.1. The molecule has 1 N–H and O–H groups in total. The number of esters is 1. The third-order valence-corrected chi connectivity index (χ3v) is 4.74. The van der Waals surface area contributed by atoms with Crippen molar-refractivity contribution in [1.29, 1.82) is 5.26 Å². The molecule has 28 heavy (non-hydrogen) atoms. The molecule has 3 aromatic rings. The van der Waals surface area contributed by atoms with E-state index in [-0.39, 0.29) is 0 Å². The predicted octanol–water partition coefficient (Wildman–Crippen LogP) is 3.40. The van der Waals surface area contributed by atoms with Crippen LogP contribution in [0.25, 0.3) is 5.70 Å². The van der Waals surface area contributed by atoms with Gasteiger partial charge in [-0.3, -0.25) is 0 Å². The lowest BCUT2D eigenvalue weighted by Crippen LogP contribution is -2.29. The molecule has 0 bridgehead atoms. The number of nitriles is 1. The first-order valence-corrected chi connectivity index (χ1v) is 8.75. The van der Waals surface area contributed by atoms with Crippen LogP contribution in [0.5, 0.6) is 0 Å². The van der Waals surface area contributed by atoms with E-state index in [2.05, 4.69) is 21.5 Å². The zero-order chi connectivity index (χ0) is 19.7. The molecule has 138 valence electrons. The van der Waals surface area contributed by atoms with Crippen molar-refractivity contribution in [1.82, 2.24) is 14.8 Å². The quantitative estimate of drug-likeness (QED) is 0.688. The number of hydrogen-bond acceptors (Lipinski definition) is 6. The fourth-order valence-electron chi connectivity index (χ4n) is 3.18. The van der Waals surface area contributed by atoms with Crippen LogP contribution in [0.1, 0.15) is 22.7 Å². The van der Waals surface area contributed by atoms with Crippen LogP contribution in [0, 0.1) is 11.3 Å². The van der Waals surface area contributed by atoms with Crippen LogP contribution in [0.2, 0.25) is 5.02 Å². The number of nitrogens with one attached hydrogen (secondary N) is 1. The number of halogens is 1. The second-order valence-corrected chi connectivity index (χ2v) is 6.51. The van der Waals surface area contributed by atoms with Crippen molar-refractivity contribution < 1.29 is 9.53 Å². The largest absolute Gasteiger partial charge is 0.466 e. The van der Waals surface area contributed by atoms with Gasteiger partial charge in [0.05, 0.1) is 30.0 Å². The van der Waals surface area contributed by atoms with Gasteiger partial charge >= 0.3 is 5.97 Å². The lowest BCUT2D eigenvalue weighted by Gasteiger charge is -2.29. The van der Waals surface area contributed by atoms with Gasteiger partial charge in [-0.25, -0.2) is 9.48 Å². The molecule has 0 amide bonds. The molecular formula is C20H14ClN5O2. The summed E-state index contributed by atoms with van der Waals surface area (Å²) < 4.78 is 6.69. The van der Waals surface area contributed by atoms with E-state index in [1.165, 1.54) is 13.4 Å². The Balaban J connectivity index is 1.95. The van der Waals surface area contributed by atoms with Gasteiger partial charge in [0.25, 0.3) is 0 Å². The van der Waals surface area contributed by atoms with Crippen LogP contribution in [-0.4, -0.2) is 27.8 Å². The number of aromatic nitrogens is 3. The van der Waals surface area contributed by atoms with Crippen molar-refractivity contribution in [3.8, 4) is 6.07 Å². The molecule has 1 aliphatic heterocycles. The van der Waals surface area contributed by atoms with E-state index in [1.54, 1.807) is 41.1 Å². The zero-order valence-electron chi connectivity index (χ0n) is 14.8. The number of nitrogens with zero attached hydrogens (tertiary/aromatic N) is 4. The SMILES string of the molecule is COC(=O)C1=C(c2ccc(Cl)cc2)Nc2ncnn2[C@@H]1c1ccc(C#N)cc1. The molecule has 2 heterocycles. The fourth-order valence-corrected chi connectivity index (χ4v) is 3.31. The molecule has 7 nitrogen and oxygen atoms in total. The molecule has 2 aromatic carbocycles. The average molecular weight is 392 g/mol. The number of ether oxygens (including phenoxy) is 1. The summed E-state index contributed by atoms with van der Waals surface area (Å²) in [4.78, 5) is 17.1. The van der Waals surface area contributed by atoms with Crippen molar-refractivity contribution in [2.24, 2.45) is 0 Å². The number of anilines is 1. The monoisotopic (exact) mass is 391 g/mol. The van der Waals surface area contributed by atoms with E-state index in [1.807, 2.05) is 12.1 Å². The van der Waals surface area contributed by atoms with Crippen molar-refractivity contribution >= 4 is 29.2 Å². The first-order chi connectivity index (χ1) is 13.6. The Kier molecular flexibility index (Phi) is 4.55. The highest BCUT2D eigenvalue weighted by Crippen LogP contribution is 2.38. The minimum atomic E-state index is -0.565. The maximum absolute atomic E-state index is 12.8. The summed E-state index contributed by atoms with van der Waals surface area (Å²) >= 11 is 6.01. The Bertz CT molecular complexity index is 1110. The lowest BCUT2D eigenvalue weighted by molar-refractivity contribution is -0.136. The van der Waals surface area contributed by atoms with E-state index in [9.17, 15) is 4.79 Å². The van der Waals surface area contributed by atoms with Gasteiger partial charge in [-0.1, -0.05) is 35.9 Å². The Hall–Kier alpha value is -3.63. The van der Waals surface area contributed by atoms with Gasteiger partial charge in [-0.2, -0.15) is 15.3 Å². The third kappa shape index (κ3) is 3.00. The maximum Gasteiger partial charge on any atom is 0.338 e. The minimum absolute atomic E-state index is 0.382. The summed E-state index contributed by atoms with van der Waals surface area (Å²) in [6.07, 6.45) is 1.42. The normalized spacial score (nSPS) is 15.4. The van der Waals surface area contributed by atoms with Gasteiger partial charge in [-0.15, -0.1) is 0 Å². The maximum atomic E-state index is 12.8. The van der Waals surface area contributed by atoms with Crippen LogP contribution in [0.4, 0.5) is 5.95 Å². The number of rotatable bonds is 3. The van der Waals surface area contributed by atoms with Gasteiger partial charge in [0.15, 0.2) is 0 Å². The summed E-state index contributed by atoms with van der Waals surface area (Å²) in [5.41, 5.74) is 3.01. The third-order valence-electron chi connectivity index (χ3n) is 4.49. The van der Waals surface area contributed by atoms with Crippen molar-refractivity contribution in [3.63, 3.8) is 0 Å². The first kappa shape index (κ1) is 17.8.